The molecule has 0 radical (unpaired) electrons. The Morgan fingerprint density at radius 1 is 1.44 bits per heavy atom. The molecule has 0 saturated carbocycles. The number of hydrogen-bond acceptors (Lipinski definition) is 4. The number of nitrogens with zero attached hydrogens (tertiary/aromatic N) is 1. The van der Waals surface area contributed by atoms with Crippen molar-refractivity contribution in [3.63, 3.8) is 0 Å². The summed E-state index contributed by atoms with van der Waals surface area (Å²) in [5.74, 6) is -0.629. The molecule has 0 aliphatic heterocycles. The normalized spacial score (nSPS) is 9.89. The second-order valence-electron chi connectivity index (χ2n) is 3.80. The average Bonchev–Trinajstić information content (AvgIpc) is 2.37. The van der Waals surface area contributed by atoms with Gasteiger partial charge in [-0.25, -0.2) is 0 Å². The molecule has 1 aromatic heterocycles. The van der Waals surface area contributed by atoms with E-state index in [1.165, 1.54) is 23.9 Å². The number of ether oxygens (including phenoxy) is 1. The maximum absolute atomic E-state index is 11.6. The zero-order valence-electron chi connectivity index (χ0n) is 10.4. The van der Waals surface area contributed by atoms with Crippen molar-refractivity contribution < 1.29 is 14.3 Å². The Balaban J connectivity index is 2.43. The third-order valence-electron chi connectivity index (χ3n) is 2.44. The van der Waals surface area contributed by atoms with Crippen LogP contribution in [0.2, 0.25) is 0 Å². The van der Waals surface area contributed by atoms with E-state index in [9.17, 15) is 14.4 Å². The molecule has 1 amide bonds. The molecule has 1 aromatic rings. The van der Waals surface area contributed by atoms with Crippen LogP contribution in [0.1, 0.15) is 23.2 Å². The molecule has 0 aliphatic rings. The molecule has 0 bridgehead atoms. The van der Waals surface area contributed by atoms with Crippen molar-refractivity contribution >= 4 is 11.9 Å². The number of nitrogens with one attached hydrogen (secondary N) is 1. The summed E-state index contributed by atoms with van der Waals surface area (Å²) in [4.78, 5) is 33.8. The molecule has 1 heterocycles. The van der Waals surface area contributed by atoms with E-state index in [0.29, 0.717) is 18.5 Å². The summed E-state index contributed by atoms with van der Waals surface area (Å²) in [6, 6.07) is 2.84. The fourth-order valence-corrected chi connectivity index (χ4v) is 1.33. The van der Waals surface area contributed by atoms with Gasteiger partial charge in [0, 0.05) is 37.8 Å². The topological polar surface area (TPSA) is 77.4 Å². The number of aromatic nitrogens is 1. The first kappa shape index (κ1) is 14.0. The van der Waals surface area contributed by atoms with E-state index in [1.54, 1.807) is 13.1 Å². The minimum atomic E-state index is -0.322. The van der Waals surface area contributed by atoms with Gasteiger partial charge in [-0.2, -0.15) is 0 Å². The highest BCUT2D eigenvalue weighted by molar-refractivity contribution is 5.93. The molecule has 0 unspecified atom stereocenters. The molecule has 0 aliphatic carbocycles. The zero-order valence-corrected chi connectivity index (χ0v) is 10.4. The Labute approximate surface area is 105 Å². The number of methoxy groups -OCH3 is 1. The van der Waals surface area contributed by atoms with Gasteiger partial charge in [-0.3, -0.25) is 14.4 Å². The maximum Gasteiger partial charge on any atom is 0.305 e. The number of amides is 1. The fourth-order valence-electron chi connectivity index (χ4n) is 1.33. The number of hydrogen-bond donors (Lipinski definition) is 1. The Hall–Kier alpha value is -2.11. The van der Waals surface area contributed by atoms with Crippen LogP contribution in [0, 0.1) is 0 Å². The highest BCUT2D eigenvalue weighted by Crippen LogP contribution is 1.95. The number of carbonyl (C=O) groups is 2. The van der Waals surface area contributed by atoms with E-state index in [1.807, 2.05) is 0 Å². The molecule has 0 spiro atoms. The summed E-state index contributed by atoms with van der Waals surface area (Å²) in [5, 5.41) is 2.63. The number of rotatable bonds is 5. The van der Waals surface area contributed by atoms with Crippen molar-refractivity contribution in [3.8, 4) is 0 Å². The van der Waals surface area contributed by atoms with Gasteiger partial charge in [-0.1, -0.05) is 0 Å². The minimum absolute atomic E-state index is 0.239. The first-order valence-corrected chi connectivity index (χ1v) is 5.56. The molecular formula is C12H16N2O4. The van der Waals surface area contributed by atoms with Gasteiger partial charge in [-0.05, 0) is 12.5 Å². The van der Waals surface area contributed by atoms with Gasteiger partial charge in [0.25, 0.3) is 11.5 Å². The third-order valence-corrected chi connectivity index (χ3v) is 2.44. The van der Waals surface area contributed by atoms with E-state index in [4.69, 9.17) is 0 Å². The Bertz CT molecular complexity index is 493. The summed E-state index contributed by atoms with van der Waals surface area (Å²) in [5.41, 5.74) is 0.0772. The van der Waals surface area contributed by atoms with Gasteiger partial charge in [0.15, 0.2) is 0 Å². The van der Waals surface area contributed by atoms with Gasteiger partial charge in [0.1, 0.15) is 0 Å². The number of aryl methyl sites for hydroxylation is 1. The summed E-state index contributed by atoms with van der Waals surface area (Å²) in [6.45, 7) is 0.364. The minimum Gasteiger partial charge on any atom is -0.469 e. The lowest BCUT2D eigenvalue weighted by Crippen LogP contribution is -2.27. The highest BCUT2D eigenvalue weighted by atomic mass is 16.5. The smallest absolute Gasteiger partial charge is 0.305 e. The Morgan fingerprint density at radius 2 is 2.17 bits per heavy atom. The van der Waals surface area contributed by atoms with E-state index >= 15 is 0 Å². The van der Waals surface area contributed by atoms with Gasteiger partial charge in [-0.15, -0.1) is 0 Å². The van der Waals surface area contributed by atoms with Crippen LogP contribution in [0.15, 0.2) is 23.1 Å². The van der Waals surface area contributed by atoms with Crippen LogP contribution in [-0.4, -0.2) is 30.1 Å². The lowest BCUT2D eigenvalue weighted by molar-refractivity contribution is -0.140. The third kappa shape index (κ3) is 4.04. The first-order chi connectivity index (χ1) is 8.54. The molecule has 6 heteroatoms. The zero-order chi connectivity index (χ0) is 13.5. The summed E-state index contributed by atoms with van der Waals surface area (Å²) >= 11 is 0. The van der Waals surface area contributed by atoms with Crippen molar-refractivity contribution in [1.29, 1.82) is 0 Å². The molecular weight excluding hydrogens is 236 g/mol. The van der Waals surface area contributed by atoms with Crippen molar-refractivity contribution in [3.05, 3.63) is 34.2 Å². The molecule has 1 N–H and O–H groups in total. The van der Waals surface area contributed by atoms with E-state index in [2.05, 4.69) is 10.1 Å². The van der Waals surface area contributed by atoms with Crippen LogP contribution in [0.3, 0.4) is 0 Å². The molecule has 1 rings (SSSR count). The molecule has 0 saturated heterocycles. The summed E-state index contributed by atoms with van der Waals surface area (Å²) in [7, 11) is 2.93. The molecule has 98 valence electrons. The molecule has 18 heavy (non-hydrogen) atoms. The fraction of sp³-hybridized carbons (Fsp3) is 0.417. The number of carbonyl (C=O) groups excluding carboxylic acids is 2. The Kier molecular flexibility index (Phi) is 5.10. The van der Waals surface area contributed by atoms with Crippen LogP contribution in [0.5, 0.6) is 0 Å². The van der Waals surface area contributed by atoms with Crippen molar-refractivity contribution in [2.45, 2.75) is 12.8 Å². The standard InChI is InChI=1S/C12H16N2O4/c1-14-7-5-9(8-10(14)15)12(17)13-6-3-4-11(16)18-2/h5,7-8H,3-4,6H2,1-2H3,(H,13,17). The Morgan fingerprint density at radius 3 is 2.78 bits per heavy atom. The van der Waals surface area contributed by atoms with E-state index in [0.717, 1.165) is 0 Å². The largest absolute Gasteiger partial charge is 0.469 e. The predicted octanol–water partition coefficient (Wildman–Crippen LogP) is 0.0683. The van der Waals surface area contributed by atoms with Gasteiger partial charge >= 0.3 is 5.97 Å². The van der Waals surface area contributed by atoms with Gasteiger partial charge in [0.2, 0.25) is 0 Å². The van der Waals surface area contributed by atoms with Crippen molar-refractivity contribution in [1.82, 2.24) is 9.88 Å². The van der Waals surface area contributed by atoms with Gasteiger partial charge < -0.3 is 14.6 Å². The second-order valence-corrected chi connectivity index (χ2v) is 3.80. The maximum atomic E-state index is 11.6. The number of pyridine rings is 1. The molecule has 0 fully saturated rings. The van der Waals surface area contributed by atoms with Crippen molar-refractivity contribution in [2.24, 2.45) is 7.05 Å². The summed E-state index contributed by atoms with van der Waals surface area (Å²) < 4.78 is 5.86. The van der Waals surface area contributed by atoms with E-state index < -0.39 is 0 Å². The van der Waals surface area contributed by atoms with Crippen LogP contribution < -0.4 is 10.9 Å². The molecule has 0 atom stereocenters. The predicted molar refractivity (Wildman–Crippen MR) is 65.3 cm³/mol. The lowest BCUT2D eigenvalue weighted by atomic mass is 10.2. The highest BCUT2D eigenvalue weighted by Gasteiger charge is 2.06. The van der Waals surface area contributed by atoms with Crippen LogP contribution in [0.25, 0.3) is 0 Å². The van der Waals surface area contributed by atoms with Crippen LogP contribution in [0.4, 0.5) is 0 Å². The quantitative estimate of drug-likeness (QED) is 0.594. The van der Waals surface area contributed by atoms with Gasteiger partial charge in [0.05, 0.1) is 7.11 Å². The molecule has 0 aromatic carbocycles. The number of esters is 1. The SMILES string of the molecule is COC(=O)CCCNC(=O)c1ccn(C)c(=O)c1. The van der Waals surface area contributed by atoms with Crippen molar-refractivity contribution in [2.75, 3.05) is 13.7 Å². The van der Waals surface area contributed by atoms with Crippen LogP contribution >= 0.6 is 0 Å². The van der Waals surface area contributed by atoms with E-state index in [-0.39, 0.29) is 23.9 Å². The molecule has 6 nitrogen and oxygen atoms in total. The first-order valence-electron chi connectivity index (χ1n) is 5.56. The monoisotopic (exact) mass is 252 g/mol. The average molecular weight is 252 g/mol. The lowest BCUT2D eigenvalue weighted by Gasteiger charge is -2.05. The second kappa shape index (κ2) is 6.58. The van der Waals surface area contributed by atoms with Crippen LogP contribution in [-0.2, 0) is 16.6 Å². The summed E-state index contributed by atoms with van der Waals surface area (Å²) in [6.07, 6.45) is 2.29.